The van der Waals surface area contributed by atoms with E-state index >= 15 is 0 Å². The molecule has 0 aliphatic rings. The fourth-order valence-corrected chi connectivity index (χ4v) is 0.954. The number of pyridine rings is 1. The number of hydrogen-bond acceptors (Lipinski definition) is 3. The summed E-state index contributed by atoms with van der Waals surface area (Å²) in [7, 11) is 4.20. The summed E-state index contributed by atoms with van der Waals surface area (Å²) in [5.41, 5.74) is 5.53. The molecule has 0 saturated heterocycles. The SMILES string of the molecule is CSC(=[SH+])[N-]N=C(C)c1ccccn1.[Cl][Cu]. The molecule has 92 valence electrons. The topological polar surface area (TPSA) is 39.4 Å². The zero-order valence-corrected chi connectivity index (χ0v) is 12.1. The van der Waals surface area contributed by atoms with Gasteiger partial charge in [0.15, 0.2) is 16.5 Å². The van der Waals surface area contributed by atoms with E-state index in [0.717, 1.165) is 11.4 Å². The summed E-state index contributed by atoms with van der Waals surface area (Å²) in [5, 5.41) is 4.01. The third-order valence-corrected chi connectivity index (χ3v) is 2.59. The van der Waals surface area contributed by atoms with Crippen molar-refractivity contribution in [3.63, 3.8) is 0 Å². The molecule has 16 heavy (non-hydrogen) atoms. The zero-order chi connectivity index (χ0) is 12.4. The van der Waals surface area contributed by atoms with Gasteiger partial charge in [-0.2, -0.15) is 0 Å². The van der Waals surface area contributed by atoms with Gasteiger partial charge in [-0.25, -0.2) is 0 Å². The maximum absolute atomic E-state index is 4.20. The second kappa shape index (κ2) is 10.1. The van der Waals surface area contributed by atoms with Crippen LogP contribution in [0.3, 0.4) is 0 Å². The molecule has 0 unspecified atom stereocenters. The zero-order valence-electron chi connectivity index (χ0n) is 8.69. The van der Waals surface area contributed by atoms with Gasteiger partial charge in [0, 0.05) is 11.9 Å². The van der Waals surface area contributed by atoms with Crippen LogP contribution in [0.4, 0.5) is 0 Å². The first kappa shape index (κ1) is 15.9. The third-order valence-electron chi connectivity index (χ3n) is 1.50. The second-order valence-corrected chi connectivity index (χ2v) is 4.01. The van der Waals surface area contributed by atoms with Crippen molar-refractivity contribution in [2.75, 3.05) is 6.26 Å². The molecule has 0 N–H and O–H groups in total. The molecule has 0 bridgehead atoms. The van der Waals surface area contributed by atoms with Crippen molar-refractivity contribution < 1.29 is 15.1 Å². The summed E-state index contributed by atoms with van der Waals surface area (Å²) in [6.45, 7) is 1.87. The van der Waals surface area contributed by atoms with Gasteiger partial charge >= 0.3 is 25.2 Å². The fourth-order valence-electron chi connectivity index (χ4n) is 0.787. The van der Waals surface area contributed by atoms with Crippen molar-refractivity contribution in [1.82, 2.24) is 4.98 Å². The molecule has 1 rings (SSSR count). The number of thiol groups is 1. The second-order valence-electron chi connectivity index (χ2n) is 2.49. The van der Waals surface area contributed by atoms with Gasteiger partial charge in [0.2, 0.25) is 0 Å². The molecule has 1 aromatic heterocycles. The average Bonchev–Trinajstić information content (AvgIpc) is 2.38. The summed E-state index contributed by atoms with van der Waals surface area (Å²) in [4.78, 5) is 4.15. The van der Waals surface area contributed by atoms with Gasteiger partial charge in [0.05, 0.1) is 5.69 Å². The number of rotatable bonds is 2. The van der Waals surface area contributed by atoms with E-state index in [1.165, 1.54) is 11.8 Å². The summed E-state index contributed by atoms with van der Waals surface area (Å²) in [5.74, 6) is 0. The Hall–Kier alpha value is -0.131. The van der Waals surface area contributed by atoms with Crippen LogP contribution < -0.4 is 0 Å². The van der Waals surface area contributed by atoms with Gasteiger partial charge in [0.1, 0.15) is 0 Å². The van der Waals surface area contributed by atoms with Crippen LogP contribution in [0.2, 0.25) is 0 Å². The van der Waals surface area contributed by atoms with Crippen molar-refractivity contribution in [2.24, 2.45) is 5.10 Å². The quantitative estimate of drug-likeness (QED) is 0.209. The molecular weight excluding hydrogens is 313 g/mol. The van der Waals surface area contributed by atoms with Crippen molar-refractivity contribution in [2.45, 2.75) is 6.92 Å². The number of thioether (sulfide) groups is 1. The predicted octanol–water partition coefficient (Wildman–Crippen LogP) is 2.60. The van der Waals surface area contributed by atoms with E-state index in [4.69, 9.17) is 0 Å². The van der Waals surface area contributed by atoms with Crippen molar-refractivity contribution in [3.05, 3.63) is 35.5 Å². The molecule has 0 amide bonds. The summed E-state index contributed by atoms with van der Waals surface area (Å²) in [6.07, 6.45) is 3.63. The molecule has 0 aromatic carbocycles. The van der Waals surface area contributed by atoms with Crippen LogP contribution in [0.15, 0.2) is 29.5 Å². The Morgan fingerprint density at radius 3 is 2.75 bits per heavy atom. The van der Waals surface area contributed by atoms with E-state index in [9.17, 15) is 0 Å². The van der Waals surface area contributed by atoms with Crippen molar-refractivity contribution in [1.29, 1.82) is 0 Å². The Bertz CT molecular complexity index is 346. The van der Waals surface area contributed by atoms with E-state index in [1.54, 1.807) is 6.20 Å². The van der Waals surface area contributed by atoms with Crippen molar-refractivity contribution in [3.8, 4) is 0 Å². The molecule has 0 radical (unpaired) electrons. The third kappa shape index (κ3) is 6.45. The molecule has 0 saturated carbocycles. The molecule has 0 aliphatic carbocycles. The van der Waals surface area contributed by atoms with Crippen LogP contribution in [0.5, 0.6) is 0 Å². The summed E-state index contributed by atoms with van der Waals surface area (Å²) >= 11 is 9.21. The van der Waals surface area contributed by atoms with Crippen LogP contribution in [-0.2, 0) is 27.3 Å². The van der Waals surface area contributed by atoms with Crippen LogP contribution >= 0.6 is 21.9 Å². The molecule has 0 aliphatic heterocycles. The van der Waals surface area contributed by atoms with Crippen LogP contribution in [0.25, 0.3) is 5.43 Å². The first-order valence-corrected chi connectivity index (χ1v) is 7.09. The molecule has 1 heterocycles. The monoisotopic (exact) mass is 323 g/mol. The van der Waals surface area contributed by atoms with E-state index < -0.39 is 0 Å². The van der Waals surface area contributed by atoms with Gasteiger partial charge < -0.3 is 10.5 Å². The molecule has 0 spiro atoms. The molecule has 7 heteroatoms. The van der Waals surface area contributed by atoms with Gasteiger partial charge in [-0.15, -0.1) is 0 Å². The van der Waals surface area contributed by atoms with Crippen LogP contribution in [0, 0.1) is 0 Å². The van der Waals surface area contributed by atoms with Gasteiger partial charge in [-0.1, -0.05) is 17.8 Å². The van der Waals surface area contributed by atoms with Gasteiger partial charge in [-0.3, -0.25) is 4.98 Å². The Labute approximate surface area is 117 Å². The van der Waals surface area contributed by atoms with E-state index in [1.807, 2.05) is 31.4 Å². The molecular formula is C9H11ClCuN3S2. The fraction of sp³-hybridized carbons (Fsp3) is 0.222. The normalized spacial score (nSPS) is 10.2. The van der Waals surface area contributed by atoms with E-state index in [-0.39, 0.29) is 0 Å². The Morgan fingerprint density at radius 1 is 1.56 bits per heavy atom. The van der Waals surface area contributed by atoms with Crippen molar-refractivity contribution >= 4 is 44.1 Å². The molecule has 0 fully saturated rings. The molecule has 1 aromatic rings. The Balaban J connectivity index is 0.00000106. The first-order valence-electron chi connectivity index (χ1n) is 4.12. The predicted molar refractivity (Wildman–Crippen MR) is 72.9 cm³/mol. The van der Waals surface area contributed by atoms with Crippen LogP contribution in [-0.4, -0.2) is 21.3 Å². The number of halogens is 1. The first-order chi connectivity index (χ1) is 7.74. The minimum atomic E-state index is 0.639. The standard InChI is InChI=1S/C9H11N3S2.ClH.Cu/c1-7(11-12-9(13)14-2)8-5-3-4-6-10-8;;/h3-6H,1-2H3,(H,10,12,13);1H;/q;;+1/p-1. The number of aromatic nitrogens is 1. The average molecular weight is 324 g/mol. The Morgan fingerprint density at radius 2 is 2.25 bits per heavy atom. The number of nitrogens with zero attached hydrogens (tertiary/aromatic N) is 3. The minimum absolute atomic E-state index is 0.639. The Kier molecular flexibility index (Phi) is 9.97. The number of hydrogen-bond donors (Lipinski definition) is 0. The maximum atomic E-state index is 4.20. The molecule has 3 nitrogen and oxygen atoms in total. The van der Waals surface area contributed by atoms with Gasteiger partial charge in [-0.05, 0) is 25.3 Å². The van der Waals surface area contributed by atoms with E-state index in [2.05, 4.69) is 52.9 Å². The summed E-state index contributed by atoms with van der Waals surface area (Å²) < 4.78 is 0.639. The van der Waals surface area contributed by atoms with Crippen LogP contribution in [0.1, 0.15) is 12.6 Å². The summed E-state index contributed by atoms with van der Waals surface area (Å²) in [6, 6.07) is 5.68. The van der Waals surface area contributed by atoms with E-state index in [0.29, 0.717) is 4.32 Å². The van der Waals surface area contributed by atoms with Gasteiger partial charge in [0.25, 0.3) is 0 Å². The molecule has 0 atom stereocenters.